The molecule has 0 radical (unpaired) electrons. The maximum absolute atomic E-state index is 14.3. The van der Waals surface area contributed by atoms with Crippen LogP contribution < -0.4 is 5.73 Å². The summed E-state index contributed by atoms with van der Waals surface area (Å²) in [5.74, 6) is -2.39. The van der Waals surface area contributed by atoms with E-state index in [-0.39, 0.29) is 18.0 Å². The molecule has 29 heavy (non-hydrogen) atoms. The number of alkyl halides is 6. The van der Waals surface area contributed by atoms with Crippen molar-refractivity contribution in [2.24, 2.45) is 5.73 Å². The number of hydrogen-bond donors (Lipinski definition) is 2. The maximum atomic E-state index is 14.3. The zero-order valence-electron chi connectivity index (χ0n) is 14.7. The van der Waals surface area contributed by atoms with E-state index in [0.717, 1.165) is 19.1 Å². The second-order valence-electron chi connectivity index (χ2n) is 6.12. The molecule has 0 aromatic heterocycles. The highest BCUT2D eigenvalue weighted by Gasteiger charge is 2.41. The Labute approximate surface area is 166 Å². The molecular formula is C18H15ClF7NO2. The van der Waals surface area contributed by atoms with Crippen molar-refractivity contribution in [2.45, 2.75) is 31.7 Å². The smallest absolute Gasteiger partial charge is 0.417 e. The highest BCUT2D eigenvalue weighted by Crippen LogP contribution is 2.45. The molecule has 1 atom stereocenters. The van der Waals surface area contributed by atoms with Gasteiger partial charge in [0.1, 0.15) is 5.82 Å². The van der Waals surface area contributed by atoms with Crippen LogP contribution in [0.1, 0.15) is 34.7 Å². The number of carbonyl (C=O) groups is 1. The fraction of sp³-hybridized carbons (Fsp3) is 0.278. The molecule has 3 N–H and O–H groups in total. The number of hydrogen-bond acceptors (Lipinski definition) is 2. The number of halogens is 8. The Kier molecular flexibility index (Phi) is 7.31. The van der Waals surface area contributed by atoms with Gasteiger partial charge in [-0.3, -0.25) is 4.79 Å². The minimum absolute atomic E-state index is 0. The van der Waals surface area contributed by atoms with Crippen molar-refractivity contribution >= 4 is 18.4 Å². The van der Waals surface area contributed by atoms with Gasteiger partial charge in [0.25, 0.3) is 0 Å². The van der Waals surface area contributed by atoms with Gasteiger partial charge in [-0.25, -0.2) is 4.39 Å². The Balaban J connectivity index is 0.00000420. The first kappa shape index (κ1) is 24.7. The second-order valence-corrected chi connectivity index (χ2v) is 6.12. The van der Waals surface area contributed by atoms with Gasteiger partial charge in [0.2, 0.25) is 0 Å². The number of benzene rings is 2. The van der Waals surface area contributed by atoms with E-state index in [0.29, 0.717) is 18.2 Å². The normalized spacial score (nSPS) is 13.0. The van der Waals surface area contributed by atoms with Gasteiger partial charge in [-0.05, 0) is 42.3 Å². The van der Waals surface area contributed by atoms with E-state index in [1.165, 1.54) is 0 Å². The Morgan fingerprint density at radius 2 is 1.55 bits per heavy atom. The molecule has 1 unspecified atom stereocenters. The van der Waals surface area contributed by atoms with Gasteiger partial charge >= 0.3 is 18.3 Å². The summed E-state index contributed by atoms with van der Waals surface area (Å²) in [7, 11) is 0. The lowest BCUT2D eigenvalue weighted by molar-refractivity contribution is -0.142. The van der Waals surface area contributed by atoms with Gasteiger partial charge in [0.15, 0.2) is 0 Å². The average molecular weight is 446 g/mol. The van der Waals surface area contributed by atoms with Gasteiger partial charge in [0, 0.05) is 17.2 Å². The molecule has 0 heterocycles. The summed E-state index contributed by atoms with van der Waals surface area (Å²) < 4.78 is 94.6. The van der Waals surface area contributed by atoms with Crippen molar-refractivity contribution in [2.75, 3.05) is 0 Å². The number of carboxylic acid groups (broad SMARTS) is 1. The maximum Gasteiger partial charge on any atom is 0.417 e. The predicted octanol–water partition coefficient (Wildman–Crippen LogP) is 5.74. The first-order chi connectivity index (χ1) is 12.7. The van der Waals surface area contributed by atoms with Crippen LogP contribution in [0.4, 0.5) is 30.7 Å². The van der Waals surface area contributed by atoms with Gasteiger partial charge < -0.3 is 10.8 Å². The van der Waals surface area contributed by atoms with Crippen molar-refractivity contribution < 1.29 is 40.6 Å². The molecule has 0 saturated heterocycles. The SMILES string of the molecule is Cc1cc(-c2c(C(F)(F)F)cccc2C(F)(F)F)cc(C(N)CC(=O)O)c1F.Cl. The third-order valence-corrected chi connectivity index (χ3v) is 4.04. The Bertz CT molecular complexity index is 878. The Hall–Kier alpha value is -2.33. The quantitative estimate of drug-likeness (QED) is 0.590. The van der Waals surface area contributed by atoms with Crippen molar-refractivity contribution in [3.05, 3.63) is 58.4 Å². The molecule has 160 valence electrons. The van der Waals surface area contributed by atoms with Crippen molar-refractivity contribution in [3.63, 3.8) is 0 Å². The van der Waals surface area contributed by atoms with E-state index in [1.54, 1.807) is 0 Å². The topological polar surface area (TPSA) is 63.3 Å². The lowest BCUT2D eigenvalue weighted by Gasteiger charge is -2.21. The molecule has 0 fully saturated rings. The van der Waals surface area contributed by atoms with Gasteiger partial charge in [-0.1, -0.05) is 6.07 Å². The summed E-state index contributed by atoms with van der Waals surface area (Å²) in [5.41, 5.74) is 0.0140. The van der Waals surface area contributed by atoms with E-state index in [4.69, 9.17) is 10.8 Å². The van der Waals surface area contributed by atoms with Gasteiger partial charge in [-0.15, -0.1) is 12.4 Å². The van der Waals surface area contributed by atoms with E-state index in [2.05, 4.69) is 0 Å². The fourth-order valence-corrected chi connectivity index (χ4v) is 2.84. The first-order valence-corrected chi connectivity index (χ1v) is 7.78. The molecule has 0 bridgehead atoms. The lowest BCUT2D eigenvalue weighted by Crippen LogP contribution is -2.18. The lowest BCUT2D eigenvalue weighted by atomic mass is 9.89. The van der Waals surface area contributed by atoms with E-state index in [9.17, 15) is 35.5 Å². The van der Waals surface area contributed by atoms with Crippen LogP contribution in [0.2, 0.25) is 0 Å². The standard InChI is InChI=1S/C18H14F7NO2.ClH/c1-8-5-9(6-10(16(8)19)13(26)7-14(27)28)15-11(17(20,21)22)3-2-4-12(15)18(23,24)25;/h2-6,13H,7,26H2,1H3,(H,27,28);1H. The van der Waals surface area contributed by atoms with Crippen LogP contribution >= 0.6 is 12.4 Å². The van der Waals surface area contributed by atoms with Crippen molar-refractivity contribution in [3.8, 4) is 11.1 Å². The number of carboxylic acids is 1. The predicted molar refractivity (Wildman–Crippen MR) is 93.0 cm³/mol. The Morgan fingerprint density at radius 3 is 1.97 bits per heavy atom. The molecule has 2 rings (SSSR count). The number of aryl methyl sites for hydroxylation is 1. The third-order valence-electron chi connectivity index (χ3n) is 4.04. The molecular weight excluding hydrogens is 431 g/mol. The molecule has 2 aromatic rings. The second kappa shape index (κ2) is 8.58. The van der Waals surface area contributed by atoms with Crippen molar-refractivity contribution in [1.82, 2.24) is 0 Å². The molecule has 0 aliphatic carbocycles. The molecule has 11 heteroatoms. The first-order valence-electron chi connectivity index (χ1n) is 7.78. The highest BCUT2D eigenvalue weighted by atomic mass is 35.5. The van der Waals surface area contributed by atoms with E-state index >= 15 is 0 Å². The zero-order valence-corrected chi connectivity index (χ0v) is 15.5. The molecule has 3 nitrogen and oxygen atoms in total. The fourth-order valence-electron chi connectivity index (χ4n) is 2.84. The summed E-state index contributed by atoms with van der Waals surface area (Å²) in [5, 5.41) is 8.79. The summed E-state index contributed by atoms with van der Waals surface area (Å²) in [6.07, 6.45) is -11.0. The summed E-state index contributed by atoms with van der Waals surface area (Å²) >= 11 is 0. The monoisotopic (exact) mass is 445 g/mol. The third kappa shape index (κ3) is 5.39. The van der Waals surface area contributed by atoms with Gasteiger partial charge in [0.05, 0.1) is 17.5 Å². The van der Waals surface area contributed by atoms with Crippen LogP contribution in [-0.4, -0.2) is 11.1 Å². The Morgan fingerprint density at radius 1 is 1.07 bits per heavy atom. The summed E-state index contributed by atoms with van der Waals surface area (Å²) in [6, 6.07) is 1.72. The van der Waals surface area contributed by atoms with Crippen LogP contribution in [0, 0.1) is 12.7 Å². The van der Waals surface area contributed by atoms with E-state index in [1.807, 2.05) is 0 Å². The molecule has 2 aromatic carbocycles. The molecule has 0 aliphatic heterocycles. The molecule has 0 amide bonds. The van der Waals surface area contributed by atoms with Crippen LogP contribution in [0.15, 0.2) is 30.3 Å². The molecule has 0 aliphatic rings. The highest BCUT2D eigenvalue weighted by molar-refractivity contribution is 5.85. The average Bonchev–Trinajstić information content (AvgIpc) is 2.54. The van der Waals surface area contributed by atoms with Crippen LogP contribution in [0.25, 0.3) is 11.1 Å². The molecule has 0 spiro atoms. The van der Waals surface area contributed by atoms with Gasteiger partial charge in [-0.2, -0.15) is 26.3 Å². The minimum Gasteiger partial charge on any atom is -0.481 e. The van der Waals surface area contributed by atoms with Crippen LogP contribution in [0.5, 0.6) is 0 Å². The summed E-state index contributed by atoms with van der Waals surface area (Å²) in [6.45, 7) is 1.14. The van der Waals surface area contributed by atoms with Crippen molar-refractivity contribution in [1.29, 1.82) is 0 Å². The van der Waals surface area contributed by atoms with E-state index < -0.39 is 64.4 Å². The number of nitrogens with two attached hydrogens (primary N) is 1. The zero-order chi connectivity index (χ0) is 21.4. The minimum atomic E-state index is -5.11. The largest absolute Gasteiger partial charge is 0.481 e. The molecule has 0 saturated carbocycles. The number of rotatable bonds is 4. The summed E-state index contributed by atoms with van der Waals surface area (Å²) in [4.78, 5) is 10.8. The number of aliphatic carboxylic acids is 1. The van der Waals surface area contributed by atoms with Crippen LogP contribution in [-0.2, 0) is 17.1 Å². The van der Waals surface area contributed by atoms with Crippen LogP contribution in [0.3, 0.4) is 0 Å².